The van der Waals surface area contributed by atoms with E-state index in [0.717, 1.165) is 0 Å². The molecule has 10 nitrogen and oxygen atoms in total. The number of hydrogen-bond donors (Lipinski definition) is 3. The predicted octanol–water partition coefficient (Wildman–Crippen LogP) is 4.98. The SMILES string of the molecule is COc1ccc([C@@H]2C(=O)c3c(O)cc(OC)cc3O[C@H]2[C@@H]2Oc3cc(OC)cc(O)c3C(=O)[C@H]2c2ccc(O)cc2)cc1. The summed E-state index contributed by atoms with van der Waals surface area (Å²) in [6.07, 6.45) is -2.22. The van der Waals surface area contributed by atoms with Gasteiger partial charge in [0.15, 0.2) is 23.8 Å². The van der Waals surface area contributed by atoms with Crippen molar-refractivity contribution in [2.24, 2.45) is 0 Å². The molecule has 4 aromatic rings. The summed E-state index contributed by atoms with van der Waals surface area (Å²) in [5.74, 6) is -2.43. The summed E-state index contributed by atoms with van der Waals surface area (Å²) in [5, 5.41) is 31.6. The van der Waals surface area contributed by atoms with E-state index in [4.69, 9.17) is 23.7 Å². The molecular formula is C33H28O10. The van der Waals surface area contributed by atoms with Gasteiger partial charge in [-0.15, -0.1) is 0 Å². The standard InChI is InChI=1S/C33H28O10/c1-39-19-10-6-17(7-11-19)27-31(38)29-23(36)13-21(41-3)15-25(29)43-33(27)32-26(16-4-8-18(34)9-5-16)30(37)28-22(35)12-20(40-2)14-24(28)42-32/h4-15,26-27,32-36H,1-3H3/t26-,27-,32-,33-/m1/s1. The molecule has 0 aliphatic carbocycles. The second-order valence-electron chi connectivity index (χ2n) is 10.3. The van der Waals surface area contributed by atoms with Gasteiger partial charge >= 0.3 is 0 Å². The van der Waals surface area contributed by atoms with Gasteiger partial charge in [-0.05, 0) is 35.4 Å². The van der Waals surface area contributed by atoms with Crippen molar-refractivity contribution in [1.82, 2.24) is 0 Å². The van der Waals surface area contributed by atoms with Crippen LogP contribution in [0.1, 0.15) is 43.7 Å². The Labute approximate surface area is 246 Å². The van der Waals surface area contributed by atoms with E-state index in [2.05, 4.69) is 0 Å². The minimum absolute atomic E-state index is 0.00541. The van der Waals surface area contributed by atoms with E-state index >= 15 is 0 Å². The second kappa shape index (κ2) is 10.8. The summed E-state index contributed by atoms with van der Waals surface area (Å²) in [6, 6.07) is 18.5. The van der Waals surface area contributed by atoms with Crippen LogP contribution in [0.5, 0.6) is 46.0 Å². The highest BCUT2D eigenvalue weighted by Gasteiger charge is 2.52. The molecule has 2 aliphatic heterocycles. The van der Waals surface area contributed by atoms with E-state index in [0.29, 0.717) is 16.9 Å². The van der Waals surface area contributed by atoms with Crippen molar-refractivity contribution >= 4 is 11.6 Å². The van der Waals surface area contributed by atoms with Crippen molar-refractivity contribution in [3.05, 3.63) is 95.1 Å². The first kappa shape index (κ1) is 27.8. The third-order valence-electron chi connectivity index (χ3n) is 7.87. The topological polar surface area (TPSA) is 141 Å². The monoisotopic (exact) mass is 584 g/mol. The van der Waals surface area contributed by atoms with Gasteiger partial charge in [-0.25, -0.2) is 0 Å². The number of phenols is 3. The summed E-state index contributed by atoms with van der Waals surface area (Å²) < 4.78 is 28.9. The Bertz CT molecular complexity index is 1710. The zero-order valence-electron chi connectivity index (χ0n) is 23.4. The van der Waals surface area contributed by atoms with Gasteiger partial charge in [-0.3, -0.25) is 9.59 Å². The van der Waals surface area contributed by atoms with Crippen molar-refractivity contribution in [1.29, 1.82) is 0 Å². The summed E-state index contributed by atoms with van der Waals surface area (Å²) in [7, 11) is 4.37. The number of ketones is 2. The van der Waals surface area contributed by atoms with E-state index in [1.165, 1.54) is 57.7 Å². The van der Waals surface area contributed by atoms with E-state index in [9.17, 15) is 24.9 Å². The Morgan fingerprint density at radius 2 is 0.953 bits per heavy atom. The van der Waals surface area contributed by atoms with Crippen LogP contribution in [0.15, 0.2) is 72.8 Å². The zero-order valence-corrected chi connectivity index (χ0v) is 23.4. The van der Waals surface area contributed by atoms with Crippen LogP contribution in [0.25, 0.3) is 0 Å². The maximum atomic E-state index is 14.3. The number of methoxy groups -OCH3 is 3. The van der Waals surface area contributed by atoms with E-state index in [-0.39, 0.29) is 51.4 Å². The molecular weight excluding hydrogens is 556 g/mol. The van der Waals surface area contributed by atoms with Crippen molar-refractivity contribution in [3.63, 3.8) is 0 Å². The lowest BCUT2D eigenvalue weighted by Gasteiger charge is -2.42. The number of Topliss-reactive ketones (excluding diaryl/α,β-unsaturated/α-hetero) is 2. The molecule has 0 unspecified atom stereocenters. The molecule has 4 atom stereocenters. The first-order valence-electron chi connectivity index (χ1n) is 13.4. The summed E-state index contributed by atoms with van der Waals surface area (Å²) in [4.78, 5) is 28.5. The Kier molecular flexibility index (Phi) is 6.97. The lowest BCUT2D eigenvalue weighted by atomic mass is 9.74. The maximum Gasteiger partial charge on any atom is 0.181 e. The van der Waals surface area contributed by atoms with Gasteiger partial charge in [-0.2, -0.15) is 0 Å². The molecule has 0 saturated carbocycles. The van der Waals surface area contributed by atoms with Gasteiger partial charge in [0.05, 0.1) is 33.2 Å². The fourth-order valence-corrected chi connectivity index (χ4v) is 5.80. The number of ether oxygens (including phenoxy) is 5. The average Bonchev–Trinajstić information content (AvgIpc) is 3.00. The Morgan fingerprint density at radius 1 is 0.558 bits per heavy atom. The normalized spacial score (nSPS) is 20.7. The highest BCUT2D eigenvalue weighted by Crippen LogP contribution is 2.50. The number of benzene rings is 4. The van der Waals surface area contributed by atoms with Crippen LogP contribution in [-0.4, -0.2) is 60.4 Å². The van der Waals surface area contributed by atoms with E-state index in [1.54, 1.807) is 36.4 Å². The number of hydrogen-bond acceptors (Lipinski definition) is 10. The number of carbonyl (C=O) groups is 2. The number of aromatic hydroxyl groups is 3. The molecule has 0 bridgehead atoms. The smallest absolute Gasteiger partial charge is 0.181 e. The first-order chi connectivity index (χ1) is 20.7. The van der Waals surface area contributed by atoms with Gasteiger partial charge in [0.25, 0.3) is 0 Å². The minimum Gasteiger partial charge on any atom is -0.508 e. The van der Waals surface area contributed by atoms with Crippen molar-refractivity contribution in [2.45, 2.75) is 24.0 Å². The molecule has 0 fully saturated rings. The molecule has 0 radical (unpaired) electrons. The Morgan fingerprint density at radius 3 is 1.35 bits per heavy atom. The molecule has 0 aromatic heterocycles. The molecule has 4 aromatic carbocycles. The molecule has 43 heavy (non-hydrogen) atoms. The van der Waals surface area contributed by atoms with Crippen LogP contribution in [0, 0.1) is 0 Å². The zero-order chi connectivity index (χ0) is 30.4. The molecule has 0 amide bonds. The molecule has 220 valence electrons. The van der Waals surface area contributed by atoms with E-state index in [1.807, 2.05) is 0 Å². The lowest BCUT2D eigenvalue weighted by Crippen LogP contribution is -2.52. The maximum absolute atomic E-state index is 14.3. The van der Waals surface area contributed by atoms with Crippen molar-refractivity contribution in [3.8, 4) is 46.0 Å². The molecule has 0 spiro atoms. The number of phenolic OH excluding ortho intramolecular Hbond substituents is 3. The Hall–Kier alpha value is -5.38. The van der Waals surface area contributed by atoms with Crippen LogP contribution in [-0.2, 0) is 0 Å². The average molecular weight is 585 g/mol. The molecule has 3 N–H and O–H groups in total. The van der Waals surface area contributed by atoms with Crippen molar-refractivity contribution in [2.75, 3.05) is 21.3 Å². The fraction of sp³-hybridized carbons (Fsp3) is 0.212. The van der Waals surface area contributed by atoms with Gasteiger partial charge in [-0.1, -0.05) is 24.3 Å². The van der Waals surface area contributed by atoms with Gasteiger partial charge in [0, 0.05) is 24.3 Å². The van der Waals surface area contributed by atoms with Gasteiger partial charge in [0.2, 0.25) is 0 Å². The third kappa shape index (κ3) is 4.70. The highest BCUT2D eigenvalue weighted by atomic mass is 16.5. The van der Waals surface area contributed by atoms with E-state index < -0.39 is 35.6 Å². The lowest BCUT2D eigenvalue weighted by molar-refractivity contribution is 0.00727. The highest BCUT2D eigenvalue weighted by molar-refractivity contribution is 6.09. The van der Waals surface area contributed by atoms with Crippen LogP contribution in [0.2, 0.25) is 0 Å². The predicted molar refractivity (Wildman–Crippen MR) is 153 cm³/mol. The quantitative estimate of drug-likeness (QED) is 0.284. The molecule has 10 heteroatoms. The summed E-state index contributed by atoms with van der Waals surface area (Å²) in [6.45, 7) is 0. The fourth-order valence-electron chi connectivity index (χ4n) is 5.80. The van der Waals surface area contributed by atoms with Crippen LogP contribution < -0.4 is 23.7 Å². The van der Waals surface area contributed by atoms with Crippen molar-refractivity contribution < 1.29 is 48.6 Å². The first-order valence-corrected chi connectivity index (χ1v) is 13.4. The van der Waals surface area contributed by atoms with Gasteiger partial charge in [0.1, 0.15) is 57.1 Å². The summed E-state index contributed by atoms with van der Waals surface area (Å²) in [5.41, 5.74) is 0.938. The number of carbonyl (C=O) groups excluding carboxylic acids is 2. The molecule has 2 aliphatic rings. The van der Waals surface area contributed by atoms with Crippen LogP contribution in [0.4, 0.5) is 0 Å². The molecule has 0 saturated heterocycles. The minimum atomic E-state index is -1.12. The molecule has 6 rings (SSSR count). The number of rotatable bonds is 6. The Balaban J connectivity index is 1.57. The largest absolute Gasteiger partial charge is 0.508 e. The number of fused-ring (bicyclic) bond motifs is 2. The third-order valence-corrected chi connectivity index (χ3v) is 7.87. The van der Waals surface area contributed by atoms with Crippen LogP contribution in [0.3, 0.4) is 0 Å². The van der Waals surface area contributed by atoms with Crippen LogP contribution >= 0.6 is 0 Å². The second-order valence-corrected chi connectivity index (χ2v) is 10.3. The summed E-state index contributed by atoms with van der Waals surface area (Å²) >= 11 is 0. The van der Waals surface area contributed by atoms with Gasteiger partial charge < -0.3 is 39.0 Å². The molecule has 2 heterocycles.